The van der Waals surface area contributed by atoms with Crippen molar-refractivity contribution >= 4 is 0 Å². The van der Waals surface area contributed by atoms with Crippen LogP contribution in [0.25, 0.3) is 0 Å². The number of nitrogens with one attached hydrogen (secondary N) is 1. The molecule has 1 unspecified atom stereocenters. The van der Waals surface area contributed by atoms with Crippen LogP contribution in [-0.4, -0.2) is 26.3 Å². The third-order valence-electron chi connectivity index (χ3n) is 3.35. The average Bonchev–Trinajstić information content (AvgIpc) is 2.41. The van der Waals surface area contributed by atoms with Gasteiger partial charge in [0.1, 0.15) is 5.75 Å². The third kappa shape index (κ3) is 7.49. The van der Waals surface area contributed by atoms with Gasteiger partial charge in [-0.05, 0) is 29.5 Å². The van der Waals surface area contributed by atoms with Gasteiger partial charge in [-0.25, -0.2) is 0 Å². The van der Waals surface area contributed by atoms with E-state index >= 15 is 0 Å². The van der Waals surface area contributed by atoms with Gasteiger partial charge in [-0.15, -0.1) is 0 Å². The molecular weight excluding hydrogens is 262 g/mol. The molecule has 0 aliphatic heterocycles. The first kappa shape index (κ1) is 18.0. The van der Waals surface area contributed by atoms with E-state index in [1.54, 1.807) is 7.11 Å². The summed E-state index contributed by atoms with van der Waals surface area (Å²) in [5, 5.41) is 3.46. The van der Waals surface area contributed by atoms with E-state index in [-0.39, 0.29) is 6.10 Å². The highest BCUT2D eigenvalue weighted by atomic mass is 16.5. The van der Waals surface area contributed by atoms with E-state index in [0.717, 1.165) is 30.9 Å². The van der Waals surface area contributed by atoms with E-state index in [4.69, 9.17) is 9.47 Å². The largest absolute Gasteiger partial charge is 0.497 e. The van der Waals surface area contributed by atoms with Gasteiger partial charge in [-0.1, -0.05) is 46.8 Å². The lowest BCUT2D eigenvalue weighted by Gasteiger charge is -2.24. The molecule has 1 aromatic carbocycles. The monoisotopic (exact) mass is 293 g/mol. The minimum atomic E-state index is 0.0600. The van der Waals surface area contributed by atoms with Crippen molar-refractivity contribution in [3.8, 4) is 5.75 Å². The molecule has 0 aliphatic carbocycles. The molecule has 0 heterocycles. The first-order valence-electron chi connectivity index (χ1n) is 7.81. The van der Waals surface area contributed by atoms with Crippen LogP contribution in [0.4, 0.5) is 0 Å². The summed E-state index contributed by atoms with van der Waals surface area (Å²) in [4.78, 5) is 0. The summed E-state index contributed by atoms with van der Waals surface area (Å²) in [6.45, 7) is 12.6. The van der Waals surface area contributed by atoms with Crippen LogP contribution < -0.4 is 10.1 Å². The van der Waals surface area contributed by atoms with Gasteiger partial charge in [0.25, 0.3) is 0 Å². The zero-order valence-electron chi connectivity index (χ0n) is 14.4. The van der Waals surface area contributed by atoms with Crippen molar-refractivity contribution in [2.75, 3.05) is 20.3 Å². The summed E-state index contributed by atoms with van der Waals surface area (Å²) in [5.41, 5.74) is 1.46. The minimum Gasteiger partial charge on any atom is -0.497 e. The van der Waals surface area contributed by atoms with Gasteiger partial charge >= 0.3 is 0 Å². The number of ether oxygens (including phenoxy) is 2. The van der Waals surface area contributed by atoms with Crippen molar-refractivity contribution in [2.45, 2.75) is 53.2 Å². The molecule has 1 atom stereocenters. The molecule has 0 aromatic heterocycles. The third-order valence-corrected chi connectivity index (χ3v) is 3.35. The Kier molecular flexibility index (Phi) is 7.20. The molecule has 0 aliphatic rings. The van der Waals surface area contributed by atoms with Crippen LogP contribution in [0.1, 0.15) is 52.7 Å². The second-order valence-corrected chi connectivity index (χ2v) is 7.01. The molecule has 0 amide bonds. The summed E-state index contributed by atoms with van der Waals surface area (Å²) in [5.74, 6) is 0.876. The van der Waals surface area contributed by atoms with E-state index in [2.05, 4.69) is 52.1 Å². The second-order valence-electron chi connectivity index (χ2n) is 7.01. The maximum absolute atomic E-state index is 6.14. The van der Waals surface area contributed by atoms with Gasteiger partial charge in [-0.2, -0.15) is 0 Å². The molecule has 3 heteroatoms. The minimum absolute atomic E-state index is 0.0600. The van der Waals surface area contributed by atoms with Gasteiger partial charge in [-0.3, -0.25) is 0 Å². The van der Waals surface area contributed by atoms with Crippen LogP contribution in [0.5, 0.6) is 5.75 Å². The van der Waals surface area contributed by atoms with Crippen LogP contribution in [0.3, 0.4) is 0 Å². The van der Waals surface area contributed by atoms with Crippen LogP contribution in [-0.2, 0) is 4.74 Å². The molecule has 1 N–H and O–H groups in total. The molecule has 3 nitrogen and oxygen atoms in total. The van der Waals surface area contributed by atoms with Crippen molar-refractivity contribution in [3.05, 3.63) is 29.8 Å². The molecule has 0 spiro atoms. The quantitative estimate of drug-likeness (QED) is 0.779. The molecule has 21 heavy (non-hydrogen) atoms. The summed E-state index contributed by atoms with van der Waals surface area (Å²) >= 11 is 0. The number of benzene rings is 1. The fourth-order valence-electron chi connectivity index (χ4n) is 1.96. The fourth-order valence-corrected chi connectivity index (χ4v) is 1.96. The van der Waals surface area contributed by atoms with E-state index in [1.807, 2.05) is 12.1 Å². The zero-order chi connectivity index (χ0) is 15.9. The lowest BCUT2D eigenvalue weighted by atomic mass is 9.93. The summed E-state index contributed by atoms with van der Waals surface area (Å²) in [6.07, 6.45) is 1.11. The highest BCUT2D eigenvalue weighted by Crippen LogP contribution is 2.24. The maximum atomic E-state index is 6.14. The van der Waals surface area contributed by atoms with Crippen molar-refractivity contribution in [2.24, 2.45) is 5.41 Å². The highest BCUT2D eigenvalue weighted by Gasteiger charge is 2.16. The molecule has 0 radical (unpaired) electrons. The average molecular weight is 293 g/mol. The molecule has 0 saturated heterocycles. The lowest BCUT2D eigenvalue weighted by molar-refractivity contribution is 0.0357. The Morgan fingerprint density at radius 1 is 1.19 bits per heavy atom. The Balaban J connectivity index is 2.70. The van der Waals surface area contributed by atoms with Crippen LogP contribution in [0, 0.1) is 5.41 Å². The molecule has 0 fully saturated rings. The number of rotatable bonds is 8. The number of hydrogen-bond donors (Lipinski definition) is 1. The van der Waals surface area contributed by atoms with E-state index < -0.39 is 0 Å². The molecule has 120 valence electrons. The van der Waals surface area contributed by atoms with Crippen LogP contribution >= 0.6 is 0 Å². The Morgan fingerprint density at radius 3 is 2.48 bits per heavy atom. The Morgan fingerprint density at radius 2 is 1.90 bits per heavy atom. The van der Waals surface area contributed by atoms with Gasteiger partial charge in [0, 0.05) is 19.2 Å². The number of hydrogen-bond acceptors (Lipinski definition) is 3. The molecule has 1 rings (SSSR count). The zero-order valence-corrected chi connectivity index (χ0v) is 14.4. The Bertz CT molecular complexity index is 410. The van der Waals surface area contributed by atoms with E-state index in [1.165, 1.54) is 0 Å². The number of methoxy groups -OCH3 is 1. The summed E-state index contributed by atoms with van der Waals surface area (Å²) in [6, 6.07) is 8.59. The smallest absolute Gasteiger partial charge is 0.119 e. The van der Waals surface area contributed by atoms with Gasteiger partial charge in [0.15, 0.2) is 0 Å². The normalized spacial score (nSPS) is 13.5. The van der Waals surface area contributed by atoms with E-state index in [9.17, 15) is 0 Å². The summed E-state index contributed by atoms with van der Waals surface area (Å²) in [7, 11) is 1.70. The maximum Gasteiger partial charge on any atom is 0.119 e. The molecule has 0 saturated carbocycles. The van der Waals surface area contributed by atoms with Crippen molar-refractivity contribution < 1.29 is 9.47 Å². The summed E-state index contributed by atoms with van der Waals surface area (Å²) < 4.78 is 11.4. The Hall–Kier alpha value is -1.06. The molecular formula is C18H31NO2. The second kappa shape index (κ2) is 8.40. The van der Waals surface area contributed by atoms with Crippen LogP contribution in [0.15, 0.2) is 24.3 Å². The predicted octanol–water partition coefficient (Wildman–Crippen LogP) is 4.19. The van der Waals surface area contributed by atoms with Crippen molar-refractivity contribution in [1.29, 1.82) is 0 Å². The van der Waals surface area contributed by atoms with Crippen LogP contribution in [0.2, 0.25) is 0 Å². The Labute approximate surface area is 130 Å². The van der Waals surface area contributed by atoms with Crippen molar-refractivity contribution in [1.82, 2.24) is 5.32 Å². The lowest BCUT2D eigenvalue weighted by Crippen LogP contribution is -2.29. The van der Waals surface area contributed by atoms with Crippen molar-refractivity contribution in [3.63, 3.8) is 0 Å². The van der Waals surface area contributed by atoms with E-state index in [0.29, 0.717) is 11.5 Å². The SMILES string of the molecule is COc1cccc(C(CNC(C)C)OCCC(C)(C)C)c1. The highest BCUT2D eigenvalue weighted by molar-refractivity contribution is 5.30. The van der Waals surface area contributed by atoms with Gasteiger partial charge < -0.3 is 14.8 Å². The standard InChI is InChI=1S/C18H31NO2/c1-14(2)19-13-17(21-11-10-18(3,4)5)15-8-7-9-16(12-15)20-6/h7-9,12,14,17,19H,10-11,13H2,1-6H3. The topological polar surface area (TPSA) is 30.5 Å². The predicted molar refractivity (Wildman–Crippen MR) is 88.9 cm³/mol. The molecule has 1 aromatic rings. The van der Waals surface area contributed by atoms with Gasteiger partial charge in [0.2, 0.25) is 0 Å². The first-order valence-corrected chi connectivity index (χ1v) is 7.81. The molecule has 0 bridgehead atoms. The van der Waals surface area contributed by atoms with Gasteiger partial charge in [0.05, 0.1) is 13.2 Å². The fraction of sp³-hybridized carbons (Fsp3) is 0.667. The first-order chi connectivity index (χ1) is 9.81.